The first kappa shape index (κ1) is 22.6. The Kier molecular flexibility index (Phi) is 4.73. The van der Waals surface area contributed by atoms with Crippen LogP contribution in [0.3, 0.4) is 0 Å². The van der Waals surface area contributed by atoms with Gasteiger partial charge < -0.3 is 9.94 Å². The molecule has 1 spiro atoms. The van der Waals surface area contributed by atoms with Crippen LogP contribution in [0.15, 0.2) is 53.3 Å². The fraction of sp³-hybridized carbons (Fsp3) is 0.346. The summed E-state index contributed by atoms with van der Waals surface area (Å²) >= 11 is 0. The van der Waals surface area contributed by atoms with Crippen molar-refractivity contribution in [2.75, 3.05) is 4.90 Å². The predicted octanol–water partition coefficient (Wildman–Crippen LogP) is 2.38. The Hall–Kier alpha value is -3.89. The van der Waals surface area contributed by atoms with Gasteiger partial charge in [-0.05, 0) is 25.1 Å². The number of amides is 1. The van der Waals surface area contributed by atoms with E-state index in [1.165, 1.54) is 4.90 Å². The molecule has 1 aromatic heterocycles. The zero-order valence-corrected chi connectivity index (χ0v) is 19.9. The maximum atomic E-state index is 13.7. The van der Waals surface area contributed by atoms with Crippen molar-refractivity contribution in [3.05, 3.63) is 70.3 Å². The third-order valence-corrected chi connectivity index (χ3v) is 7.44. The number of rotatable bonds is 3. The molecule has 0 aliphatic carbocycles. The van der Waals surface area contributed by atoms with E-state index in [2.05, 4.69) is 4.98 Å². The van der Waals surface area contributed by atoms with Gasteiger partial charge in [0.15, 0.2) is 17.6 Å². The van der Waals surface area contributed by atoms with Crippen LogP contribution in [0.5, 0.6) is 0 Å². The molecule has 0 bridgehead atoms. The zero-order chi connectivity index (χ0) is 25.5. The molecule has 3 aliphatic rings. The molecule has 36 heavy (non-hydrogen) atoms. The third-order valence-electron chi connectivity index (χ3n) is 7.44. The van der Waals surface area contributed by atoms with Crippen molar-refractivity contribution >= 4 is 34.3 Å². The number of para-hydroxylation sites is 2. The normalized spacial score (nSPS) is 27.2. The molecule has 2 saturated heterocycles. The Morgan fingerprint density at radius 3 is 2.56 bits per heavy atom. The molecule has 2 aromatic carbocycles. The van der Waals surface area contributed by atoms with Gasteiger partial charge in [-0.25, -0.2) is 9.78 Å². The Morgan fingerprint density at radius 2 is 1.81 bits per heavy atom. The van der Waals surface area contributed by atoms with E-state index >= 15 is 0 Å². The minimum atomic E-state index is -1.43. The van der Waals surface area contributed by atoms with Crippen LogP contribution in [-0.2, 0) is 19.9 Å². The number of esters is 1. The van der Waals surface area contributed by atoms with E-state index in [9.17, 15) is 24.4 Å². The average molecular weight is 489 g/mol. The molecular formula is C26H24N4O6. The minimum Gasteiger partial charge on any atom is -0.449 e. The third kappa shape index (κ3) is 2.76. The molecule has 10 nitrogen and oxygen atoms in total. The summed E-state index contributed by atoms with van der Waals surface area (Å²) in [6.07, 6.45) is -1.07. The second kappa shape index (κ2) is 7.55. The fourth-order valence-electron chi connectivity index (χ4n) is 5.66. The number of fused-ring (bicyclic) bond motifs is 6. The van der Waals surface area contributed by atoms with Crippen LogP contribution in [-0.4, -0.2) is 49.7 Å². The van der Waals surface area contributed by atoms with E-state index in [1.807, 2.05) is 0 Å². The number of Topliss-reactive ketones (excluding diaryl/α,β-unsaturated/α-hetero) is 1. The second-order valence-corrected chi connectivity index (χ2v) is 9.83. The van der Waals surface area contributed by atoms with Crippen molar-refractivity contribution in [2.24, 2.45) is 5.92 Å². The number of ether oxygens (including phenoxy) is 1. The number of benzene rings is 2. The van der Waals surface area contributed by atoms with Crippen molar-refractivity contribution < 1.29 is 24.3 Å². The fourth-order valence-corrected chi connectivity index (χ4v) is 5.66. The molecule has 0 radical (unpaired) electrons. The molecule has 1 amide bonds. The number of carbonyl (C=O) groups is 3. The quantitative estimate of drug-likeness (QED) is 0.441. The lowest BCUT2D eigenvalue weighted by atomic mass is 9.88. The van der Waals surface area contributed by atoms with Crippen LogP contribution in [0.25, 0.3) is 10.9 Å². The van der Waals surface area contributed by atoms with E-state index in [-0.39, 0.29) is 29.3 Å². The molecule has 10 heteroatoms. The van der Waals surface area contributed by atoms with E-state index in [4.69, 9.17) is 4.74 Å². The highest BCUT2D eigenvalue weighted by Gasteiger charge is 2.67. The smallest absolute Gasteiger partial charge is 0.330 e. The molecule has 1 N–H and O–H groups in total. The summed E-state index contributed by atoms with van der Waals surface area (Å²) in [4.78, 5) is 59.3. The molecule has 2 fully saturated rings. The average Bonchev–Trinajstić information content (AvgIpc) is 3.43. The molecule has 1 unspecified atom stereocenters. The van der Waals surface area contributed by atoms with Gasteiger partial charge in [-0.15, -0.1) is 0 Å². The summed E-state index contributed by atoms with van der Waals surface area (Å²) in [6.45, 7) is 4.97. The van der Waals surface area contributed by atoms with Gasteiger partial charge in [0, 0.05) is 17.9 Å². The molecule has 3 aliphatic heterocycles. The summed E-state index contributed by atoms with van der Waals surface area (Å²) in [6, 6.07) is 11.6. The molecular weight excluding hydrogens is 464 g/mol. The SMILES string of the molecule is CC(C)C(=O)c1nc2ccccc2c(=O)n1C1C[C@]2(OC1=O)c1ccccc1N1C(=O)[C@H](C)N(O)[C@H]12. The van der Waals surface area contributed by atoms with Crippen molar-refractivity contribution in [2.45, 2.75) is 51.0 Å². The van der Waals surface area contributed by atoms with Gasteiger partial charge in [-0.1, -0.05) is 44.2 Å². The van der Waals surface area contributed by atoms with E-state index in [1.54, 1.807) is 69.3 Å². The molecule has 4 atom stereocenters. The first-order chi connectivity index (χ1) is 17.2. The van der Waals surface area contributed by atoms with Gasteiger partial charge in [-0.2, -0.15) is 5.06 Å². The number of aromatic nitrogens is 2. The topological polar surface area (TPSA) is 122 Å². The molecule has 4 heterocycles. The number of anilines is 1. The molecule has 3 aromatic rings. The lowest BCUT2D eigenvalue weighted by molar-refractivity contribution is -0.190. The highest BCUT2D eigenvalue weighted by molar-refractivity contribution is 6.03. The standard InChI is InChI=1S/C26H24N4O6/c1-13(2)20(31)21-27-17-10-6-4-8-15(17)23(33)28(21)19-12-26(36-24(19)34)16-9-5-7-11-18(16)29-22(32)14(3)30(35)25(26)29/h4-11,13-14,19,25,35H,12H2,1-3H3/t14-,19?,25-,26-/m0/s1. The number of nitrogens with zero attached hydrogens (tertiary/aromatic N) is 4. The first-order valence-corrected chi connectivity index (χ1v) is 11.9. The maximum Gasteiger partial charge on any atom is 0.330 e. The largest absolute Gasteiger partial charge is 0.449 e. The number of hydrogen-bond donors (Lipinski definition) is 1. The van der Waals surface area contributed by atoms with Crippen molar-refractivity contribution in [1.82, 2.24) is 14.6 Å². The van der Waals surface area contributed by atoms with Gasteiger partial charge in [0.25, 0.3) is 5.56 Å². The zero-order valence-electron chi connectivity index (χ0n) is 19.9. The van der Waals surface area contributed by atoms with Gasteiger partial charge in [0.05, 0.1) is 16.6 Å². The summed E-state index contributed by atoms with van der Waals surface area (Å²) < 4.78 is 7.15. The molecule has 6 rings (SSSR count). The van der Waals surface area contributed by atoms with E-state index < -0.39 is 41.3 Å². The minimum absolute atomic E-state index is 0.0701. The lowest BCUT2D eigenvalue weighted by Gasteiger charge is -2.33. The van der Waals surface area contributed by atoms with Gasteiger partial charge >= 0.3 is 5.97 Å². The summed E-state index contributed by atoms with van der Waals surface area (Å²) in [7, 11) is 0. The number of ketones is 1. The van der Waals surface area contributed by atoms with Gasteiger partial charge in [0.1, 0.15) is 12.1 Å². The monoisotopic (exact) mass is 488 g/mol. The highest BCUT2D eigenvalue weighted by atomic mass is 16.6. The Balaban J connectivity index is 1.56. The van der Waals surface area contributed by atoms with Crippen LogP contribution in [0.4, 0.5) is 5.69 Å². The number of hydrogen-bond acceptors (Lipinski definition) is 8. The Bertz CT molecular complexity index is 1530. The van der Waals surface area contributed by atoms with E-state index in [0.717, 1.165) is 9.63 Å². The number of hydroxylamine groups is 2. The molecule has 0 saturated carbocycles. The van der Waals surface area contributed by atoms with E-state index in [0.29, 0.717) is 16.8 Å². The highest BCUT2D eigenvalue weighted by Crippen LogP contribution is 2.56. The second-order valence-electron chi connectivity index (χ2n) is 9.83. The van der Waals surface area contributed by atoms with Crippen LogP contribution in [0.2, 0.25) is 0 Å². The maximum absolute atomic E-state index is 13.7. The summed E-state index contributed by atoms with van der Waals surface area (Å²) in [5, 5.41) is 12.1. The van der Waals surface area contributed by atoms with Crippen LogP contribution < -0.4 is 10.5 Å². The van der Waals surface area contributed by atoms with Crippen LogP contribution in [0.1, 0.15) is 49.4 Å². The van der Waals surface area contributed by atoms with Crippen molar-refractivity contribution in [3.8, 4) is 0 Å². The van der Waals surface area contributed by atoms with Crippen molar-refractivity contribution in [3.63, 3.8) is 0 Å². The summed E-state index contributed by atoms with van der Waals surface area (Å²) in [5.74, 6) is -2.03. The van der Waals surface area contributed by atoms with Gasteiger partial charge in [0.2, 0.25) is 11.7 Å². The Labute approximate surface area is 205 Å². The summed E-state index contributed by atoms with van der Waals surface area (Å²) in [5.41, 5.74) is -0.506. The van der Waals surface area contributed by atoms with Crippen molar-refractivity contribution in [1.29, 1.82) is 0 Å². The van der Waals surface area contributed by atoms with Gasteiger partial charge in [-0.3, -0.25) is 23.9 Å². The molecule has 184 valence electrons. The lowest BCUT2D eigenvalue weighted by Crippen LogP contribution is -2.50. The first-order valence-electron chi connectivity index (χ1n) is 11.9. The predicted molar refractivity (Wildman–Crippen MR) is 127 cm³/mol. The van der Waals surface area contributed by atoms with Crippen LogP contribution in [0, 0.1) is 5.92 Å². The Morgan fingerprint density at radius 1 is 1.11 bits per heavy atom. The number of carbonyl (C=O) groups excluding carboxylic acids is 3. The van der Waals surface area contributed by atoms with Crippen LogP contribution >= 0.6 is 0 Å².